The number of hydrogen-bond acceptors (Lipinski definition) is 2. The highest BCUT2D eigenvalue weighted by molar-refractivity contribution is 4.75. The summed E-state index contributed by atoms with van der Waals surface area (Å²) in [6, 6.07) is 0.844. The van der Waals surface area contributed by atoms with Crippen molar-refractivity contribution in [3.63, 3.8) is 0 Å². The molecule has 0 spiro atoms. The molecule has 0 saturated carbocycles. The van der Waals surface area contributed by atoms with E-state index in [0.717, 1.165) is 6.04 Å². The van der Waals surface area contributed by atoms with Gasteiger partial charge in [0, 0.05) is 6.04 Å². The molecule has 2 heteroatoms. The smallest absolute Gasteiger partial charge is 0.0116 e. The van der Waals surface area contributed by atoms with E-state index in [4.69, 9.17) is 0 Å². The number of nitrogens with one attached hydrogen (secondary N) is 1. The van der Waals surface area contributed by atoms with Crippen molar-refractivity contribution in [3.8, 4) is 0 Å². The minimum absolute atomic E-state index is 0.844. The molecular formula is C9H20N2. The number of piperidine rings is 1. The molecule has 0 bridgehead atoms. The zero-order chi connectivity index (χ0) is 8.10. The Kier molecular flexibility index (Phi) is 3.87. The van der Waals surface area contributed by atoms with E-state index in [2.05, 4.69) is 24.2 Å². The van der Waals surface area contributed by atoms with Crippen LogP contribution in [0.1, 0.15) is 26.2 Å². The van der Waals surface area contributed by atoms with Gasteiger partial charge in [0.25, 0.3) is 0 Å². The van der Waals surface area contributed by atoms with E-state index >= 15 is 0 Å². The average Bonchev–Trinajstić information content (AvgIpc) is 2.07. The van der Waals surface area contributed by atoms with Crippen molar-refractivity contribution in [1.29, 1.82) is 0 Å². The molecule has 1 aliphatic rings. The fourth-order valence-electron chi connectivity index (χ4n) is 1.78. The minimum Gasteiger partial charge on any atom is -0.317 e. The second-order valence-electron chi connectivity index (χ2n) is 3.46. The first-order valence-electron chi connectivity index (χ1n) is 4.75. The van der Waals surface area contributed by atoms with Crippen LogP contribution in [0.25, 0.3) is 0 Å². The Morgan fingerprint density at radius 1 is 1.36 bits per heavy atom. The van der Waals surface area contributed by atoms with Gasteiger partial charge in [-0.25, -0.2) is 0 Å². The maximum absolute atomic E-state index is 3.39. The van der Waals surface area contributed by atoms with E-state index in [1.54, 1.807) is 0 Å². The molecule has 11 heavy (non-hydrogen) atoms. The van der Waals surface area contributed by atoms with Crippen molar-refractivity contribution in [2.75, 3.05) is 26.7 Å². The summed E-state index contributed by atoms with van der Waals surface area (Å²) in [7, 11) is 2.25. The maximum atomic E-state index is 3.39. The Morgan fingerprint density at radius 3 is 2.55 bits per heavy atom. The van der Waals surface area contributed by atoms with E-state index < -0.39 is 0 Å². The molecule has 1 heterocycles. The molecule has 0 amide bonds. The Bertz CT molecular complexity index is 97.7. The normalized spacial score (nSPS) is 21.0. The first kappa shape index (κ1) is 9.01. The first-order chi connectivity index (χ1) is 5.34. The highest BCUT2D eigenvalue weighted by Gasteiger charge is 2.16. The molecule has 66 valence electrons. The van der Waals surface area contributed by atoms with Crippen molar-refractivity contribution >= 4 is 0 Å². The number of rotatable bonds is 3. The van der Waals surface area contributed by atoms with Crippen molar-refractivity contribution in [3.05, 3.63) is 0 Å². The third kappa shape index (κ3) is 2.80. The fraction of sp³-hybridized carbons (Fsp3) is 1.00. The van der Waals surface area contributed by atoms with Gasteiger partial charge in [0.2, 0.25) is 0 Å². The molecule has 0 unspecified atom stereocenters. The summed E-state index contributed by atoms with van der Waals surface area (Å²) < 4.78 is 0. The van der Waals surface area contributed by atoms with Crippen LogP contribution >= 0.6 is 0 Å². The maximum Gasteiger partial charge on any atom is 0.0116 e. The van der Waals surface area contributed by atoms with Crippen molar-refractivity contribution < 1.29 is 0 Å². The molecule has 0 aromatic carbocycles. The second kappa shape index (κ2) is 4.73. The Morgan fingerprint density at radius 2 is 2.00 bits per heavy atom. The molecule has 0 aromatic heterocycles. The molecule has 0 atom stereocenters. The molecule has 0 radical (unpaired) electrons. The summed E-state index contributed by atoms with van der Waals surface area (Å²) in [5.74, 6) is 0. The summed E-state index contributed by atoms with van der Waals surface area (Å²) in [6.07, 6.45) is 3.94. The van der Waals surface area contributed by atoms with Gasteiger partial charge in [0.15, 0.2) is 0 Å². The van der Waals surface area contributed by atoms with Crippen molar-refractivity contribution in [2.24, 2.45) is 0 Å². The molecule has 0 aromatic rings. The standard InChI is InChI=1S/C9H20N2/c1-3-8-11(2)9-4-6-10-7-5-9/h9-10H,3-8H2,1-2H3. The SMILES string of the molecule is CCCN(C)C1CCNCC1. The predicted octanol–water partition coefficient (Wildman–Crippen LogP) is 1.08. The van der Waals surface area contributed by atoms with Gasteiger partial charge in [-0.05, 0) is 45.9 Å². The Labute approximate surface area is 70.0 Å². The van der Waals surface area contributed by atoms with Gasteiger partial charge < -0.3 is 10.2 Å². The van der Waals surface area contributed by atoms with Crippen molar-refractivity contribution in [1.82, 2.24) is 10.2 Å². The van der Waals surface area contributed by atoms with E-state index in [1.807, 2.05) is 0 Å². The van der Waals surface area contributed by atoms with Gasteiger partial charge in [-0.2, -0.15) is 0 Å². The molecule has 1 N–H and O–H groups in total. The fourth-order valence-corrected chi connectivity index (χ4v) is 1.78. The first-order valence-corrected chi connectivity index (χ1v) is 4.75. The summed E-state index contributed by atoms with van der Waals surface area (Å²) in [4.78, 5) is 2.50. The monoisotopic (exact) mass is 156 g/mol. The molecule has 1 rings (SSSR count). The van der Waals surface area contributed by atoms with E-state index in [-0.39, 0.29) is 0 Å². The summed E-state index contributed by atoms with van der Waals surface area (Å²) in [6.45, 7) is 5.92. The Hall–Kier alpha value is -0.0800. The molecule has 2 nitrogen and oxygen atoms in total. The van der Waals surface area contributed by atoms with E-state index in [0.29, 0.717) is 0 Å². The summed E-state index contributed by atoms with van der Waals surface area (Å²) >= 11 is 0. The third-order valence-electron chi connectivity index (χ3n) is 2.51. The van der Waals surface area contributed by atoms with Crippen LogP contribution in [0.2, 0.25) is 0 Å². The third-order valence-corrected chi connectivity index (χ3v) is 2.51. The van der Waals surface area contributed by atoms with Gasteiger partial charge in [-0.1, -0.05) is 6.92 Å². The van der Waals surface area contributed by atoms with Gasteiger partial charge in [-0.15, -0.1) is 0 Å². The summed E-state index contributed by atoms with van der Waals surface area (Å²) in [5, 5.41) is 3.39. The molecular weight excluding hydrogens is 136 g/mol. The number of nitrogens with zero attached hydrogens (tertiary/aromatic N) is 1. The molecule has 0 aliphatic carbocycles. The van der Waals surface area contributed by atoms with Crippen LogP contribution in [0.5, 0.6) is 0 Å². The lowest BCUT2D eigenvalue weighted by Crippen LogP contribution is -2.41. The van der Waals surface area contributed by atoms with Crippen LogP contribution in [0, 0.1) is 0 Å². The highest BCUT2D eigenvalue weighted by Crippen LogP contribution is 2.09. The highest BCUT2D eigenvalue weighted by atomic mass is 15.1. The lowest BCUT2D eigenvalue weighted by molar-refractivity contribution is 0.199. The van der Waals surface area contributed by atoms with Gasteiger partial charge >= 0.3 is 0 Å². The zero-order valence-corrected chi connectivity index (χ0v) is 7.77. The molecule has 1 fully saturated rings. The van der Waals surface area contributed by atoms with Crippen molar-refractivity contribution in [2.45, 2.75) is 32.2 Å². The molecule has 1 saturated heterocycles. The van der Waals surface area contributed by atoms with E-state index in [9.17, 15) is 0 Å². The van der Waals surface area contributed by atoms with Gasteiger partial charge in [0.1, 0.15) is 0 Å². The largest absolute Gasteiger partial charge is 0.317 e. The molecule has 1 aliphatic heterocycles. The Balaban J connectivity index is 2.21. The van der Waals surface area contributed by atoms with Crippen LogP contribution in [0.4, 0.5) is 0 Å². The lowest BCUT2D eigenvalue weighted by Gasteiger charge is -2.31. The quantitative estimate of drug-likeness (QED) is 0.658. The van der Waals surface area contributed by atoms with Crippen LogP contribution in [0.3, 0.4) is 0 Å². The topological polar surface area (TPSA) is 15.3 Å². The number of hydrogen-bond donors (Lipinski definition) is 1. The zero-order valence-electron chi connectivity index (χ0n) is 7.77. The van der Waals surface area contributed by atoms with Gasteiger partial charge in [0.05, 0.1) is 0 Å². The van der Waals surface area contributed by atoms with E-state index in [1.165, 1.54) is 38.9 Å². The van der Waals surface area contributed by atoms with Crippen LogP contribution in [-0.4, -0.2) is 37.6 Å². The van der Waals surface area contributed by atoms with Crippen LogP contribution in [-0.2, 0) is 0 Å². The second-order valence-corrected chi connectivity index (χ2v) is 3.46. The lowest BCUT2D eigenvalue weighted by atomic mass is 10.1. The van der Waals surface area contributed by atoms with Crippen LogP contribution in [0.15, 0.2) is 0 Å². The summed E-state index contributed by atoms with van der Waals surface area (Å²) in [5.41, 5.74) is 0. The minimum atomic E-state index is 0.844. The van der Waals surface area contributed by atoms with Gasteiger partial charge in [-0.3, -0.25) is 0 Å². The van der Waals surface area contributed by atoms with Crippen LogP contribution < -0.4 is 5.32 Å². The predicted molar refractivity (Wildman–Crippen MR) is 48.8 cm³/mol. The average molecular weight is 156 g/mol.